The lowest BCUT2D eigenvalue weighted by molar-refractivity contribution is -0.134. The predicted octanol–water partition coefficient (Wildman–Crippen LogP) is 1.05. The van der Waals surface area contributed by atoms with Gasteiger partial charge in [-0.15, -0.1) is 0 Å². The average molecular weight is 208 g/mol. The van der Waals surface area contributed by atoms with Gasteiger partial charge in [0, 0.05) is 12.2 Å². The summed E-state index contributed by atoms with van der Waals surface area (Å²) in [4.78, 5) is 21.5. The molecule has 0 aromatic carbocycles. The molecule has 6 heteroatoms. The number of rotatable bonds is 6. The summed E-state index contributed by atoms with van der Waals surface area (Å²) in [5, 5.41) is 0. The first kappa shape index (κ1) is 11.6. The highest BCUT2D eigenvalue weighted by Crippen LogP contribution is 2.04. The van der Waals surface area contributed by atoms with Crippen LogP contribution in [0.1, 0.15) is 6.42 Å². The molecule has 0 atom stereocenters. The molecular weight excluding hydrogens is 199 g/mol. The minimum Gasteiger partial charge on any atom is -0.291 e. The molecule has 0 fully saturated rings. The Labute approximate surface area is 74.9 Å². The Bertz CT molecular complexity index is 238. The monoisotopic (exact) mass is 208 g/mol. The quantitative estimate of drug-likeness (QED) is 0.482. The van der Waals surface area contributed by atoms with Crippen LogP contribution in [0, 0.1) is 0 Å². The Morgan fingerprint density at radius 3 is 2.25 bits per heavy atom. The van der Waals surface area contributed by atoms with Gasteiger partial charge < -0.3 is 0 Å². The van der Waals surface area contributed by atoms with Crippen LogP contribution in [0.4, 0.5) is 0 Å². The maximum atomic E-state index is 10.8. The summed E-state index contributed by atoms with van der Waals surface area (Å²) in [5.41, 5.74) is 0. The van der Waals surface area contributed by atoms with E-state index in [1.807, 2.05) is 6.26 Å². The summed E-state index contributed by atoms with van der Waals surface area (Å²) in [5.74, 6) is -0.844. The third kappa shape index (κ3) is 5.27. The second kappa shape index (κ2) is 6.14. The van der Waals surface area contributed by atoms with Gasteiger partial charge in [-0.25, -0.2) is 9.13 Å². The molecule has 0 saturated carbocycles. The van der Waals surface area contributed by atoms with E-state index in [1.54, 1.807) is 0 Å². The van der Waals surface area contributed by atoms with Crippen LogP contribution in [0.2, 0.25) is 0 Å². The highest BCUT2D eigenvalue weighted by molar-refractivity contribution is 7.98. The minimum absolute atomic E-state index is 0.128. The number of carbonyl (C=O) groups excluding carboxylic acids is 2. The van der Waals surface area contributed by atoms with Crippen LogP contribution in [-0.2, 0) is 18.7 Å². The highest BCUT2D eigenvalue weighted by Gasteiger charge is 2.14. The molecule has 0 heterocycles. The SMILES string of the molecule is CSCCC(=O)C(=O)CP(=O)=O. The van der Waals surface area contributed by atoms with Crippen molar-refractivity contribution in [2.24, 2.45) is 0 Å². The highest BCUT2D eigenvalue weighted by atomic mass is 32.2. The molecular formula is C6H9O4PS. The average Bonchev–Trinajstić information content (AvgIpc) is 1.98. The van der Waals surface area contributed by atoms with Crippen molar-refractivity contribution in [2.75, 3.05) is 18.2 Å². The van der Waals surface area contributed by atoms with Gasteiger partial charge in [0.15, 0.2) is 5.78 Å². The van der Waals surface area contributed by atoms with Gasteiger partial charge in [0.2, 0.25) is 5.78 Å². The number of ketones is 2. The molecule has 0 aliphatic heterocycles. The number of thioether (sulfide) groups is 1. The van der Waals surface area contributed by atoms with Crippen molar-refractivity contribution in [1.82, 2.24) is 0 Å². The molecule has 0 radical (unpaired) electrons. The summed E-state index contributed by atoms with van der Waals surface area (Å²) in [6, 6.07) is 0. The normalized spacial score (nSPS) is 9.42. The third-order valence-electron chi connectivity index (χ3n) is 1.12. The molecule has 0 amide bonds. The molecule has 0 saturated heterocycles. The molecule has 4 nitrogen and oxygen atoms in total. The van der Waals surface area contributed by atoms with E-state index in [2.05, 4.69) is 0 Å². The third-order valence-corrected chi connectivity index (χ3v) is 2.27. The molecule has 0 rings (SSSR count). The van der Waals surface area contributed by atoms with Crippen LogP contribution >= 0.6 is 19.4 Å². The molecule has 0 unspecified atom stereocenters. The van der Waals surface area contributed by atoms with Gasteiger partial charge in [0.1, 0.15) is 6.16 Å². The fourth-order valence-electron chi connectivity index (χ4n) is 0.540. The molecule has 68 valence electrons. The van der Waals surface area contributed by atoms with Crippen LogP contribution in [0.5, 0.6) is 0 Å². The van der Waals surface area contributed by atoms with Gasteiger partial charge in [0.05, 0.1) is 0 Å². The first-order valence-electron chi connectivity index (χ1n) is 3.24. The van der Waals surface area contributed by atoms with E-state index < -0.39 is 25.4 Å². The molecule has 0 bridgehead atoms. The largest absolute Gasteiger partial charge is 0.323 e. The lowest BCUT2D eigenvalue weighted by Crippen LogP contribution is -2.15. The van der Waals surface area contributed by atoms with Crippen molar-refractivity contribution in [3.8, 4) is 0 Å². The maximum absolute atomic E-state index is 10.8. The van der Waals surface area contributed by atoms with Crippen molar-refractivity contribution in [3.63, 3.8) is 0 Å². The smallest absolute Gasteiger partial charge is 0.291 e. The zero-order valence-electron chi connectivity index (χ0n) is 6.61. The molecule has 0 spiro atoms. The molecule has 0 aromatic heterocycles. The topological polar surface area (TPSA) is 68.3 Å². The van der Waals surface area contributed by atoms with E-state index in [0.29, 0.717) is 5.75 Å². The van der Waals surface area contributed by atoms with Crippen LogP contribution in [-0.4, -0.2) is 29.7 Å². The second-order valence-corrected chi connectivity index (χ2v) is 4.05. The van der Waals surface area contributed by atoms with Gasteiger partial charge in [0.25, 0.3) is 0 Å². The fourth-order valence-corrected chi connectivity index (χ4v) is 1.34. The Kier molecular flexibility index (Phi) is 5.93. The number of carbonyl (C=O) groups is 2. The fraction of sp³-hybridized carbons (Fsp3) is 0.667. The van der Waals surface area contributed by atoms with Crippen molar-refractivity contribution in [1.29, 1.82) is 0 Å². The van der Waals surface area contributed by atoms with Crippen LogP contribution < -0.4 is 0 Å². The summed E-state index contributed by atoms with van der Waals surface area (Å²) in [6.45, 7) is 0. The van der Waals surface area contributed by atoms with Crippen LogP contribution in [0.15, 0.2) is 0 Å². The van der Waals surface area contributed by atoms with Crippen molar-refractivity contribution in [3.05, 3.63) is 0 Å². The van der Waals surface area contributed by atoms with Crippen molar-refractivity contribution in [2.45, 2.75) is 6.42 Å². The van der Waals surface area contributed by atoms with E-state index in [0.717, 1.165) is 0 Å². The first-order valence-corrected chi connectivity index (χ1v) is 6.00. The molecule has 0 aliphatic rings. The second-order valence-electron chi connectivity index (χ2n) is 2.08. The Morgan fingerprint density at radius 1 is 1.25 bits per heavy atom. The van der Waals surface area contributed by atoms with Crippen LogP contribution in [0.3, 0.4) is 0 Å². The molecule has 0 N–H and O–H groups in total. The molecule has 0 aromatic rings. The van der Waals surface area contributed by atoms with Gasteiger partial charge in [-0.1, -0.05) is 0 Å². The zero-order valence-corrected chi connectivity index (χ0v) is 8.32. The van der Waals surface area contributed by atoms with Crippen molar-refractivity contribution < 1.29 is 18.7 Å². The number of Topliss-reactive ketones (excluding diaryl/α,β-unsaturated/α-hetero) is 2. The van der Waals surface area contributed by atoms with E-state index in [1.165, 1.54) is 11.8 Å². The first-order chi connectivity index (χ1) is 5.57. The van der Waals surface area contributed by atoms with Gasteiger partial charge in [-0.2, -0.15) is 11.8 Å². The van der Waals surface area contributed by atoms with Crippen LogP contribution in [0.25, 0.3) is 0 Å². The van der Waals surface area contributed by atoms with E-state index in [9.17, 15) is 18.7 Å². The Hall–Kier alpha value is -0.410. The summed E-state index contributed by atoms with van der Waals surface area (Å²) < 4.78 is 20.1. The van der Waals surface area contributed by atoms with Crippen molar-refractivity contribution >= 4 is 31.0 Å². The molecule has 12 heavy (non-hydrogen) atoms. The van der Waals surface area contributed by atoms with Gasteiger partial charge in [-0.05, 0) is 6.26 Å². The van der Waals surface area contributed by atoms with E-state index in [-0.39, 0.29) is 6.42 Å². The minimum atomic E-state index is -2.76. The lowest BCUT2D eigenvalue weighted by Gasteiger charge is -1.93. The standard InChI is InChI=1S/C6H9O4PS/c1-12-3-2-5(7)6(8)4-11(9)10/h2-4H2,1H3. The number of hydrogen-bond donors (Lipinski definition) is 0. The Morgan fingerprint density at radius 2 is 1.83 bits per heavy atom. The summed E-state index contributed by atoms with van der Waals surface area (Å²) >= 11 is 1.44. The van der Waals surface area contributed by atoms with Gasteiger partial charge in [-0.3, -0.25) is 9.59 Å². The summed E-state index contributed by atoms with van der Waals surface area (Å²) in [6.07, 6.45) is 1.29. The van der Waals surface area contributed by atoms with E-state index >= 15 is 0 Å². The predicted molar refractivity (Wildman–Crippen MR) is 46.2 cm³/mol. The maximum Gasteiger partial charge on any atom is 0.323 e. The van der Waals surface area contributed by atoms with Gasteiger partial charge >= 0.3 is 7.68 Å². The summed E-state index contributed by atoms with van der Waals surface area (Å²) in [7, 11) is -2.76. The Balaban J connectivity index is 3.85. The lowest BCUT2D eigenvalue weighted by atomic mass is 10.2. The molecule has 0 aliphatic carbocycles. The zero-order chi connectivity index (χ0) is 9.56. The van der Waals surface area contributed by atoms with E-state index in [4.69, 9.17) is 0 Å². The number of hydrogen-bond acceptors (Lipinski definition) is 5.